The van der Waals surface area contributed by atoms with Crippen molar-refractivity contribution in [1.29, 1.82) is 0 Å². The highest BCUT2D eigenvalue weighted by Crippen LogP contribution is 2.34. The Kier molecular flexibility index (Phi) is 6.10. The highest BCUT2D eigenvalue weighted by molar-refractivity contribution is 14.1. The van der Waals surface area contributed by atoms with E-state index in [1.54, 1.807) is 6.07 Å². The van der Waals surface area contributed by atoms with Crippen LogP contribution in [-0.2, 0) is 4.74 Å². The lowest BCUT2D eigenvalue weighted by atomic mass is 10.1. The minimum Gasteiger partial charge on any atom is -0.490 e. The highest BCUT2D eigenvalue weighted by atomic mass is 127. The van der Waals surface area contributed by atoms with Crippen molar-refractivity contribution in [3.05, 3.63) is 21.3 Å². The molecule has 1 saturated heterocycles. The van der Waals surface area contributed by atoms with Crippen LogP contribution in [-0.4, -0.2) is 50.3 Å². The van der Waals surface area contributed by atoms with Gasteiger partial charge in [0.15, 0.2) is 11.5 Å². The van der Waals surface area contributed by atoms with E-state index in [4.69, 9.17) is 14.2 Å². The minimum atomic E-state index is 0.0141. The predicted octanol–water partition coefficient (Wildman–Crippen LogP) is 2.56. The van der Waals surface area contributed by atoms with E-state index in [0.29, 0.717) is 56.6 Å². The molecule has 1 amide bonds. The van der Waals surface area contributed by atoms with Gasteiger partial charge in [0.05, 0.1) is 30.0 Å². The van der Waals surface area contributed by atoms with Crippen LogP contribution in [0.1, 0.15) is 24.2 Å². The van der Waals surface area contributed by atoms with Crippen LogP contribution in [0.2, 0.25) is 0 Å². The summed E-state index contributed by atoms with van der Waals surface area (Å²) in [7, 11) is 0. The van der Waals surface area contributed by atoms with Crippen LogP contribution in [0.3, 0.4) is 0 Å². The molecule has 0 radical (unpaired) electrons. The van der Waals surface area contributed by atoms with E-state index >= 15 is 0 Å². The monoisotopic (exact) mass is 405 g/mol. The molecular formula is C15H20INO4. The second-order valence-corrected chi connectivity index (χ2v) is 5.72. The Morgan fingerprint density at radius 2 is 1.90 bits per heavy atom. The van der Waals surface area contributed by atoms with Crippen molar-refractivity contribution in [1.82, 2.24) is 4.90 Å². The fourth-order valence-electron chi connectivity index (χ4n) is 2.19. The molecule has 5 nitrogen and oxygen atoms in total. The second kappa shape index (κ2) is 7.84. The molecular weight excluding hydrogens is 385 g/mol. The number of carbonyl (C=O) groups excluding carboxylic acids is 1. The quantitative estimate of drug-likeness (QED) is 0.707. The maximum absolute atomic E-state index is 12.5. The highest BCUT2D eigenvalue weighted by Gasteiger charge is 2.21. The zero-order chi connectivity index (χ0) is 15.2. The Labute approximate surface area is 138 Å². The summed E-state index contributed by atoms with van der Waals surface area (Å²) >= 11 is 2.18. The summed E-state index contributed by atoms with van der Waals surface area (Å²) in [5.74, 6) is 1.35. The predicted molar refractivity (Wildman–Crippen MR) is 88.2 cm³/mol. The molecule has 1 aromatic rings. The van der Waals surface area contributed by atoms with E-state index in [-0.39, 0.29) is 5.91 Å². The Bertz CT molecular complexity index is 501. The number of hydrogen-bond donors (Lipinski definition) is 0. The number of morpholine rings is 1. The fraction of sp³-hybridized carbons (Fsp3) is 0.533. The standard InChI is InChI=1S/C15H20INO4/c1-3-20-13-10-11(9-12(16)14(13)21-4-2)15(18)17-5-7-19-8-6-17/h9-10H,3-8H2,1-2H3. The van der Waals surface area contributed by atoms with Gasteiger partial charge in [0.2, 0.25) is 0 Å². The molecule has 0 spiro atoms. The number of ether oxygens (including phenoxy) is 3. The summed E-state index contributed by atoms with van der Waals surface area (Å²) in [6, 6.07) is 3.63. The van der Waals surface area contributed by atoms with Gasteiger partial charge in [-0.2, -0.15) is 0 Å². The molecule has 116 valence electrons. The van der Waals surface area contributed by atoms with Gasteiger partial charge in [-0.25, -0.2) is 0 Å². The van der Waals surface area contributed by atoms with Gasteiger partial charge in [0, 0.05) is 18.7 Å². The van der Waals surface area contributed by atoms with Gasteiger partial charge in [0.25, 0.3) is 5.91 Å². The summed E-state index contributed by atoms with van der Waals surface area (Å²) in [5, 5.41) is 0. The number of nitrogens with zero attached hydrogens (tertiary/aromatic N) is 1. The molecule has 0 unspecified atom stereocenters. The SMILES string of the molecule is CCOc1cc(C(=O)N2CCOCC2)cc(I)c1OCC. The van der Waals surface area contributed by atoms with Gasteiger partial charge < -0.3 is 19.1 Å². The molecule has 0 atom stereocenters. The van der Waals surface area contributed by atoms with Crippen LogP contribution in [0.4, 0.5) is 0 Å². The third kappa shape index (κ3) is 4.00. The minimum absolute atomic E-state index is 0.0141. The first-order valence-corrected chi connectivity index (χ1v) is 8.21. The molecule has 0 aromatic heterocycles. The average molecular weight is 405 g/mol. The van der Waals surface area contributed by atoms with Crippen molar-refractivity contribution in [2.75, 3.05) is 39.5 Å². The lowest BCUT2D eigenvalue weighted by molar-refractivity contribution is 0.0302. The molecule has 0 N–H and O–H groups in total. The van der Waals surface area contributed by atoms with Crippen LogP contribution < -0.4 is 9.47 Å². The largest absolute Gasteiger partial charge is 0.490 e. The number of benzene rings is 1. The van der Waals surface area contributed by atoms with Crippen LogP contribution in [0, 0.1) is 3.57 Å². The van der Waals surface area contributed by atoms with E-state index in [2.05, 4.69) is 22.6 Å². The molecule has 1 heterocycles. The molecule has 2 rings (SSSR count). The normalized spacial score (nSPS) is 14.9. The van der Waals surface area contributed by atoms with Crippen LogP contribution in [0.5, 0.6) is 11.5 Å². The van der Waals surface area contributed by atoms with Crippen molar-refractivity contribution in [2.24, 2.45) is 0 Å². The third-order valence-electron chi connectivity index (χ3n) is 3.14. The molecule has 21 heavy (non-hydrogen) atoms. The first kappa shape index (κ1) is 16.4. The molecule has 1 aromatic carbocycles. The van der Waals surface area contributed by atoms with Crippen molar-refractivity contribution in [3.8, 4) is 11.5 Å². The van der Waals surface area contributed by atoms with Crippen molar-refractivity contribution in [3.63, 3.8) is 0 Å². The number of amides is 1. The second-order valence-electron chi connectivity index (χ2n) is 4.56. The van der Waals surface area contributed by atoms with E-state index in [1.807, 2.05) is 24.8 Å². The van der Waals surface area contributed by atoms with Crippen LogP contribution in [0.15, 0.2) is 12.1 Å². The lowest BCUT2D eigenvalue weighted by Crippen LogP contribution is -2.40. The van der Waals surface area contributed by atoms with Crippen LogP contribution >= 0.6 is 22.6 Å². The molecule has 0 saturated carbocycles. The van der Waals surface area contributed by atoms with E-state index in [1.165, 1.54) is 0 Å². The molecule has 6 heteroatoms. The maximum Gasteiger partial charge on any atom is 0.254 e. The lowest BCUT2D eigenvalue weighted by Gasteiger charge is -2.27. The average Bonchev–Trinajstić information content (AvgIpc) is 2.51. The molecule has 1 aliphatic rings. The molecule has 1 fully saturated rings. The van der Waals surface area contributed by atoms with Gasteiger partial charge in [-0.05, 0) is 48.6 Å². The summed E-state index contributed by atoms with van der Waals surface area (Å²) in [5.41, 5.74) is 0.633. The van der Waals surface area contributed by atoms with Gasteiger partial charge in [-0.3, -0.25) is 4.79 Å². The summed E-state index contributed by atoms with van der Waals surface area (Å²) in [6.07, 6.45) is 0. The number of halogens is 1. The third-order valence-corrected chi connectivity index (χ3v) is 3.94. The van der Waals surface area contributed by atoms with Crippen molar-refractivity contribution in [2.45, 2.75) is 13.8 Å². The van der Waals surface area contributed by atoms with E-state index < -0.39 is 0 Å². The summed E-state index contributed by atoms with van der Waals surface area (Å²) in [4.78, 5) is 14.4. The number of carbonyl (C=O) groups is 1. The Balaban J connectivity index is 2.28. The van der Waals surface area contributed by atoms with E-state index in [0.717, 1.165) is 3.57 Å². The Hall–Kier alpha value is -1.02. The molecule has 0 aliphatic carbocycles. The zero-order valence-electron chi connectivity index (χ0n) is 12.4. The summed E-state index contributed by atoms with van der Waals surface area (Å²) in [6.45, 7) is 7.39. The topological polar surface area (TPSA) is 48.0 Å². The fourth-order valence-corrected chi connectivity index (χ4v) is 2.94. The van der Waals surface area contributed by atoms with Gasteiger partial charge in [0.1, 0.15) is 0 Å². The van der Waals surface area contributed by atoms with Gasteiger partial charge in [-0.15, -0.1) is 0 Å². The Morgan fingerprint density at radius 3 is 2.52 bits per heavy atom. The zero-order valence-corrected chi connectivity index (χ0v) is 14.5. The Morgan fingerprint density at radius 1 is 1.24 bits per heavy atom. The van der Waals surface area contributed by atoms with Crippen LogP contribution in [0.25, 0.3) is 0 Å². The van der Waals surface area contributed by atoms with E-state index in [9.17, 15) is 4.79 Å². The first-order chi connectivity index (χ1) is 10.2. The molecule has 1 aliphatic heterocycles. The smallest absolute Gasteiger partial charge is 0.254 e. The molecule has 0 bridgehead atoms. The number of hydrogen-bond acceptors (Lipinski definition) is 4. The van der Waals surface area contributed by atoms with Crippen molar-refractivity contribution < 1.29 is 19.0 Å². The summed E-state index contributed by atoms with van der Waals surface area (Å²) < 4.78 is 17.4. The number of rotatable bonds is 5. The maximum atomic E-state index is 12.5. The van der Waals surface area contributed by atoms with Gasteiger partial charge in [-0.1, -0.05) is 0 Å². The van der Waals surface area contributed by atoms with Gasteiger partial charge >= 0.3 is 0 Å². The first-order valence-electron chi connectivity index (χ1n) is 7.13. The van der Waals surface area contributed by atoms with Crippen molar-refractivity contribution >= 4 is 28.5 Å².